The smallest absolute Gasteiger partial charge is 0.227 e. The van der Waals surface area contributed by atoms with Crippen LogP contribution >= 0.6 is 0 Å². The highest BCUT2D eigenvalue weighted by Crippen LogP contribution is 2.25. The van der Waals surface area contributed by atoms with Gasteiger partial charge in [0.1, 0.15) is 11.5 Å². The summed E-state index contributed by atoms with van der Waals surface area (Å²) in [5, 5.41) is 0. The van der Waals surface area contributed by atoms with E-state index in [9.17, 15) is 9.59 Å². The number of nitrogens with zero attached hydrogens (tertiary/aromatic N) is 2. The van der Waals surface area contributed by atoms with E-state index in [1.807, 2.05) is 34.9 Å². The Morgan fingerprint density at radius 2 is 1.68 bits per heavy atom. The van der Waals surface area contributed by atoms with Crippen molar-refractivity contribution in [1.82, 2.24) is 9.80 Å². The molecular weight excluding hydrogens is 320 g/mol. The molecule has 0 N–H and O–H groups in total. The van der Waals surface area contributed by atoms with Gasteiger partial charge in [-0.3, -0.25) is 9.59 Å². The molecule has 0 spiro atoms. The van der Waals surface area contributed by atoms with Crippen LogP contribution in [0.3, 0.4) is 0 Å². The van der Waals surface area contributed by atoms with Gasteiger partial charge in [0.05, 0.1) is 20.6 Å². The number of ether oxygens (including phenoxy) is 2. The molecule has 1 fully saturated rings. The van der Waals surface area contributed by atoms with Crippen LogP contribution in [-0.2, 0) is 16.0 Å². The van der Waals surface area contributed by atoms with Crippen molar-refractivity contribution in [2.75, 3.05) is 40.4 Å². The van der Waals surface area contributed by atoms with Gasteiger partial charge in [-0.2, -0.15) is 0 Å². The first kappa shape index (κ1) is 19.1. The third kappa shape index (κ3) is 5.11. The maximum Gasteiger partial charge on any atom is 0.227 e. The maximum atomic E-state index is 12.7. The Morgan fingerprint density at radius 3 is 2.28 bits per heavy atom. The lowest BCUT2D eigenvalue weighted by Gasteiger charge is -2.22. The van der Waals surface area contributed by atoms with Gasteiger partial charge in [-0.05, 0) is 31.0 Å². The van der Waals surface area contributed by atoms with Crippen LogP contribution in [0, 0.1) is 0 Å². The normalized spacial score (nSPS) is 14.8. The van der Waals surface area contributed by atoms with Crippen molar-refractivity contribution in [1.29, 1.82) is 0 Å². The quantitative estimate of drug-likeness (QED) is 0.790. The predicted molar refractivity (Wildman–Crippen MR) is 95.9 cm³/mol. The van der Waals surface area contributed by atoms with Gasteiger partial charge in [0.25, 0.3) is 0 Å². The van der Waals surface area contributed by atoms with E-state index >= 15 is 0 Å². The third-order valence-corrected chi connectivity index (χ3v) is 4.49. The van der Waals surface area contributed by atoms with Crippen LogP contribution in [0.15, 0.2) is 18.2 Å². The van der Waals surface area contributed by atoms with Gasteiger partial charge in [0.2, 0.25) is 11.8 Å². The first-order valence-electron chi connectivity index (χ1n) is 8.85. The van der Waals surface area contributed by atoms with E-state index in [1.165, 1.54) is 0 Å². The number of methoxy groups -OCH3 is 2. The first-order valence-corrected chi connectivity index (χ1v) is 8.85. The summed E-state index contributed by atoms with van der Waals surface area (Å²) in [5.41, 5.74) is 0.815. The van der Waals surface area contributed by atoms with Gasteiger partial charge in [0.15, 0.2) is 0 Å². The Kier molecular flexibility index (Phi) is 7.10. The molecule has 1 aliphatic rings. The Labute approximate surface area is 149 Å². The van der Waals surface area contributed by atoms with E-state index in [0.29, 0.717) is 37.6 Å². The van der Waals surface area contributed by atoms with Gasteiger partial charge in [-0.25, -0.2) is 0 Å². The highest BCUT2D eigenvalue weighted by Gasteiger charge is 2.22. The number of carbonyl (C=O) groups excluding carboxylic acids is 2. The van der Waals surface area contributed by atoms with E-state index in [1.54, 1.807) is 14.2 Å². The number of hydrogen-bond acceptors (Lipinski definition) is 4. The van der Waals surface area contributed by atoms with Gasteiger partial charge in [-0.1, -0.05) is 6.92 Å². The first-order chi connectivity index (χ1) is 12.1. The minimum atomic E-state index is 0.0522. The molecule has 0 atom stereocenters. The molecule has 0 radical (unpaired) electrons. The molecule has 2 rings (SSSR count). The fourth-order valence-electron chi connectivity index (χ4n) is 3.08. The Balaban J connectivity index is 2.00. The van der Waals surface area contributed by atoms with Crippen LogP contribution in [0.4, 0.5) is 0 Å². The zero-order valence-corrected chi connectivity index (χ0v) is 15.4. The van der Waals surface area contributed by atoms with Crippen molar-refractivity contribution in [2.24, 2.45) is 0 Å². The highest BCUT2D eigenvalue weighted by atomic mass is 16.5. The Hall–Kier alpha value is -2.24. The number of benzene rings is 1. The van der Waals surface area contributed by atoms with Gasteiger partial charge in [0, 0.05) is 38.2 Å². The van der Waals surface area contributed by atoms with Crippen LogP contribution in [0.2, 0.25) is 0 Å². The molecule has 0 bridgehead atoms. The lowest BCUT2D eigenvalue weighted by molar-refractivity contribution is -0.133. The Morgan fingerprint density at radius 1 is 1.00 bits per heavy atom. The SMILES string of the molecule is CCCC(=O)N1CCCN(C(=O)Cc2cc(OC)ccc2OC)CC1. The summed E-state index contributed by atoms with van der Waals surface area (Å²) in [7, 11) is 3.20. The van der Waals surface area contributed by atoms with E-state index < -0.39 is 0 Å². The second-order valence-electron chi connectivity index (χ2n) is 6.22. The maximum absolute atomic E-state index is 12.7. The van der Waals surface area contributed by atoms with Crippen molar-refractivity contribution in [3.63, 3.8) is 0 Å². The van der Waals surface area contributed by atoms with Gasteiger partial charge < -0.3 is 19.3 Å². The van der Waals surface area contributed by atoms with Gasteiger partial charge in [-0.15, -0.1) is 0 Å². The largest absolute Gasteiger partial charge is 0.497 e. The minimum absolute atomic E-state index is 0.0522. The molecular formula is C19H28N2O4. The molecule has 1 aliphatic heterocycles. The van der Waals surface area contributed by atoms with Crippen LogP contribution in [0.1, 0.15) is 31.7 Å². The van der Waals surface area contributed by atoms with Crippen molar-refractivity contribution in [3.05, 3.63) is 23.8 Å². The number of rotatable bonds is 6. The topological polar surface area (TPSA) is 59.1 Å². The molecule has 25 heavy (non-hydrogen) atoms. The van der Waals surface area contributed by atoms with Crippen molar-refractivity contribution < 1.29 is 19.1 Å². The summed E-state index contributed by atoms with van der Waals surface area (Å²) < 4.78 is 10.6. The molecule has 1 aromatic rings. The molecule has 1 aromatic carbocycles. The van der Waals surface area contributed by atoms with E-state index in [2.05, 4.69) is 0 Å². The molecule has 0 saturated carbocycles. The molecule has 138 valence electrons. The van der Waals surface area contributed by atoms with Crippen molar-refractivity contribution in [2.45, 2.75) is 32.6 Å². The fourth-order valence-corrected chi connectivity index (χ4v) is 3.08. The summed E-state index contributed by atoms with van der Waals surface area (Å²) in [6.45, 7) is 4.61. The summed E-state index contributed by atoms with van der Waals surface area (Å²) in [5.74, 6) is 1.63. The molecule has 1 saturated heterocycles. The number of carbonyl (C=O) groups is 2. The average Bonchev–Trinajstić information content (AvgIpc) is 2.88. The fraction of sp³-hybridized carbons (Fsp3) is 0.579. The zero-order chi connectivity index (χ0) is 18.2. The van der Waals surface area contributed by atoms with Crippen LogP contribution in [0.5, 0.6) is 11.5 Å². The van der Waals surface area contributed by atoms with Crippen molar-refractivity contribution >= 4 is 11.8 Å². The number of hydrogen-bond donors (Lipinski definition) is 0. The standard InChI is InChI=1S/C19H28N2O4/c1-4-6-18(22)20-9-5-10-21(12-11-20)19(23)14-15-13-16(24-2)7-8-17(15)25-3/h7-8,13H,4-6,9-12,14H2,1-3H3. The predicted octanol–water partition coefficient (Wildman–Crippen LogP) is 2.11. The van der Waals surface area contributed by atoms with E-state index in [-0.39, 0.29) is 18.2 Å². The van der Waals surface area contributed by atoms with Gasteiger partial charge >= 0.3 is 0 Å². The van der Waals surface area contributed by atoms with Crippen LogP contribution < -0.4 is 9.47 Å². The van der Waals surface area contributed by atoms with E-state index in [4.69, 9.17) is 9.47 Å². The lowest BCUT2D eigenvalue weighted by atomic mass is 10.1. The van der Waals surface area contributed by atoms with E-state index in [0.717, 1.165) is 24.9 Å². The molecule has 0 aromatic heterocycles. The summed E-state index contributed by atoms with van der Waals surface area (Å²) in [6.07, 6.45) is 2.52. The average molecular weight is 348 g/mol. The summed E-state index contributed by atoms with van der Waals surface area (Å²) in [6, 6.07) is 5.47. The molecule has 1 heterocycles. The molecule has 0 aliphatic carbocycles. The minimum Gasteiger partial charge on any atom is -0.497 e. The van der Waals surface area contributed by atoms with Crippen LogP contribution in [-0.4, -0.2) is 62.0 Å². The second-order valence-corrected chi connectivity index (χ2v) is 6.22. The summed E-state index contributed by atoms with van der Waals surface area (Å²) >= 11 is 0. The second kappa shape index (κ2) is 9.30. The number of amides is 2. The molecule has 2 amide bonds. The molecule has 0 unspecified atom stereocenters. The highest BCUT2D eigenvalue weighted by molar-refractivity contribution is 5.80. The lowest BCUT2D eigenvalue weighted by Crippen LogP contribution is -2.37. The Bertz CT molecular complexity index is 603. The molecule has 6 heteroatoms. The van der Waals surface area contributed by atoms with Crippen molar-refractivity contribution in [3.8, 4) is 11.5 Å². The zero-order valence-electron chi connectivity index (χ0n) is 15.4. The third-order valence-electron chi connectivity index (χ3n) is 4.49. The molecule has 6 nitrogen and oxygen atoms in total. The monoisotopic (exact) mass is 348 g/mol. The summed E-state index contributed by atoms with van der Waals surface area (Å²) in [4.78, 5) is 28.5. The van der Waals surface area contributed by atoms with Crippen LogP contribution in [0.25, 0.3) is 0 Å².